The fourth-order valence-corrected chi connectivity index (χ4v) is 0.825. The number of rotatable bonds is 1. The molecule has 0 saturated carbocycles. The van der Waals surface area contributed by atoms with Crippen LogP contribution in [-0.2, 0) is 5.88 Å². The Balaban J connectivity index is 0.000000810. The molecule has 0 N–H and O–H groups in total. The Labute approximate surface area is 84.0 Å². The maximum atomic E-state index is 5.45. The van der Waals surface area contributed by atoms with E-state index in [0.717, 1.165) is 3.57 Å². The maximum absolute atomic E-state index is 5.45. The summed E-state index contributed by atoms with van der Waals surface area (Å²) in [6, 6.07) is 0. The largest absolute Gasteiger partial charge is 0.239 e. The van der Waals surface area contributed by atoms with Gasteiger partial charge < -0.3 is 0 Å². The van der Waals surface area contributed by atoms with E-state index in [1.807, 2.05) is 0 Å². The van der Waals surface area contributed by atoms with E-state index in [9.17, 15) is 0 Å². The summed E-state index contributed by atoms with van der Waals surface area (Å²) in [6.45, 7) is 0. The zero-order valence-corrected chi connectivity index (χ0v) is 8.65. The first-order chi connectivity index (χ1) is 4.33. The minimum absolute atomic E-state index is 0. The lowest BCUT2D eigenvalue weighted by Crippen LogP contribution is -1.89. The Morgan fingerprint density at radius 2 is 1.90 bits per heavy atom. The van der Waals surface area contributed by atoms with Crippen molar-refractivity contribution in [3.8, 4) is 0 Å². The highest BCUT2D eigenvalue weighted by Crippen LogP contribution is 2.00. The van der Waals surface area contributed by atoms with Crippen LogP contribution >= 0.6 is 46.6 Å². The van der Waals surface area contributed by atoms with E-state index in [-0.39, 0.29) is 12.4 Å². The molecule has 0 spiro atoms. The van der Waals surface area contributed by atoms with Crippen molar-refractivity contribution in [3.05, 3.63) is 21.8 Å². The molecule has 0 saturated heterocycles. The molecule has 0 radical (unpaired) electrons. The molecule has 1 aromatic heterocycles. The van der Waals surface area contributed by atoms with Crippen molar-refractivity contribution >= 4 is 46.6 Å². The second kappa shape index (κ2) is 5.09. The third-order valence-electron chi connectivity index (χ3n) is 0.793. The average Bonchev–Trinajstić information content (AvgIpc) is 1.90. The van der Waals surface area contributed by atoms with E-state index in [0.29, 0.717) is 11.7 Å². The fraction of sp³-hybridized carbons (Fsp3) is 0.200. The maximum Gasteiger partial charge on any atom is 0.143 e. The van der Waals surface area contributed by atoms with E-state index in [1.165, 1.54) is 0 Å². The van der Waals surface area contributed by atoms with Crippen molar-refractivity contribution < 1.29 is 0 Å². The molecule has 10 heavy (non-hydrogen) atoms. The van der Waals surface area contributed by atoms with Gasteiger partial charge in [-0.1, -0.05) is 0 Å². The van der Waals surface area contributed by atoms with Crippen LogP contribution in [0.25, 0.3) is 0 Å². The molecule has 0 aliphatic carbocycles. The summed E-state index contributed by atoms with van der Waals surface area (Å²) in [6.07, 6.45) is 3.48. The lowest BCUT2D eigenvalue weighted by molar-refractivity contribution is 1.02. The van der Waals surface area contributed by atoms with Crippen LogP contribution in [0.2, 0.25) is 0 Å². The first-order valence-electron chi connectivity index (χ1n) is 2.35. The van der Waals surface area contributed by atoms with Gasteiger partial charge in [0.2, 0.25) is 0 Å². The molecule has 0 bridgehead atoms. The van der Waals surface area contributed by atoms with Crippen LogP contribution in [0.5, 0.6) is 0 Å². The van der Waals surface area contributed by atoms with Gasteiger partial charge in [0, 0.05) is 16.0 Å². The topological polar surface area (TPSA) is 25.8 Å². The number of hydrogen-bond acceptors (Lipinski definition) is 2. The zero-order valence-electron chi connectivity index (χ0n) is 4.92. The van der Waals surface area contributed by atoms with Crippen LogP contribution in [-0.4, -0.2) is 9.97 Å². The molecule has 0 aromatic carbocycles. The molecule has 0 fully saturated rings. The molecule has 1 heterocycles. The van der Waals surface area contributed by atoms with E-state index in [2.05, 4.69) is 32.6 Å². The molecule has 1 aromatic rings. The van der Waals surface area contributed by atoms with E-state index >= 15 is 0 Å². The smallest absolute Gasteiger partial charge is 0.143 e. The second-order valence-electron chi connectivity index (χ2n) is 1.45. The van der Waals surface area contributed by atoms with Gasteiger partial charge in [-0.05, 0) is 22.6 Å². The van der Waals surface area contributed by atoms with Gasteiger partial charge in [-0.2, -0.15) is 0 Å². The lowest BCUT2D eigenvalue weighted by atomic mass is 10.6. The summed E-state index contributed by atoms with van der Waals surface area (Å²) in [5, 5.41) is 0. The summed E-state index contributed by atoms with van der Waals surface area (Å²) >= 11 is 7.60. The minimum Gasteiger partial charge on any atom is -0.239 e. The summed E-state index contributed by atoms with van der Waals surface area (Å²) in [7, 11) is 0. The van der Waals surface area contributed by atoms with Gasteiger partial charge in [-0.25, -0.2) is 9.97 Å². The molecule has 0 aliphatic rings. The van der Waals surface area contributed by atoms with Crippen LogP contribution in [0.4, 0.5) is 0 Å². The Kier molecular flexibility index (Phi) is 5.29. The first kappa shape index (κ1) is 10.4. The molecule has 5 heteroatoms. The van der Waals surface area contributed by atoms with Gasteiger partial charge in [0.05, 0.1) is 5.88 Å². The number of nitrogens with zero attached hydrogens (tertiary/aromatic N) is 2. The normalized spacial score (nSPS) is 8.60. The Morgan fingerprint density at radius 1 is 1.40 bits per heavy atom. The van der Waals surface area contributed by atoms with Gasteiger partial charge in [0.15, 0.2) is 0 Å². The number of hydrogen-bond donors (Lipinski definition) is 0. The lowest BCUT2D eigenvalue weighted by Gasteiger charge is -1.90. The molecule has 2 nitrogen and oxygen atoms in total. The molecule has 0 aliphatic heterocycles. The Bertz CT molecular complexity index is 189. The van der Waals surface area contributed by atoms with Crippen molar-refractivity contribution in [2.75, 3.05) is 0 Å². The average molecular weight is 291 g/mol. The number of alkyl halides is 1. The standard InChI is InChI=1S/C5H4ClIN2.ClH/c6-1-5-8-2-4(7)3-9-5;/h2-3H,1H2;1H. The fourth-order valence-electron chi connectivity index (χ4n) is 0.408. The van der Waals surface area contributed by atoms with Crippen LogP contribution in [0.3, 0.4) is 0 Å². The predicted molar refractivity (Wildman–Crippen MR) is 51.6 cm³/mol. The number of halogens is 3. The summed E-state index contributed by atoms with van der Waals surface area (Å²) < 4.78 is 1.03. The summed E-state index contributed by atoms with van der Waals surface area (Å²) in [5.41, 5.74) is 0. The number of aromatic nitrogens is 2. The summed E-state index contributed by atoms with van der Waals surface area (Å²) in [5.74, 6) is 1.06. The molecular weight excluding hydrogens is 286 g/mol. The van der Waals surface area contributed by atoms with E-state index < -0.39 is 0 Å². The van der Waals surface area contributed by atoms with E-state index in [1.54, 1.807) is 12.4 Å². The molecule has 0 atom stereocenters. The van der Waals surface area contributed by atoms with Gasteiger partial charge in [0.25, 0.3) is 0 Å². The van der Waals surface area contributed by atoms with E-state index in [4.69, 9.17) is 11.6 Å². The van der Waals surface area contributed by atoms with Crippen LogP contribution in [0.1, 0.15) is 5.82 Å². The quantitative estimate of drug-likeness (QED) is 0.586. The Morgan fingerprint density at radius 3 is 2.30 bits per heavy atom. The van der Waals surface area contributed by atoms with Crippen LogP contribution < -0.4 is 0 Å². The molecule has 0 unspecified atom stereocenters. The summed E-state index contributed by atoms with van der Waals surface area (Å²) in [4.78, 5) is 7.89. The monoisotopic (exact) mass is 290 g/mol. The van der Waals surface area contributed by atoms with Gasteiger partial charge in [0.1, 0.15) is 5.82 Å². The van der Waals surface area contributed by atoms with Crippen molar-refractivity contribution in [2.45, 2.75) is 5.88 Å². The van der Waals surface area contributed by atoms with Gasteiger partial charge in [-0.3, -0.25) is 0 Å². The molecular formula is C5H5Cl2IN2. The van der Waals surface area contributed by atoms with Crippen LogP contribution in [0, 0.1) is 3.57 Å². The van der Waals surface area contributed by atoms with Gasteiger partial charge >= 0.3 is 0 Å². The third kappa shape index (κ3) is 2.98. The minimum atomic E-state index is 0. The van der Waals surface area contributed by atoms with Crippen molar-refractivity contribution in [3.63, 3.8) is 0 Å². The Hall–Kier alpha value is 0.390. The third-order valence-corrected chi connectivity index (χ3v) is 1.59. The predicted octanol–water partition coefficient (Wildman–Crippen LogP) is 2.24. The van der Waals surface area contributed by atoms with Crippen molar-refractivity contribution in [1.29, 1.82) is 0 Å². The zero-order chi connectivity index (χ0) is 6.69. The highest BCUT2D eigenvalue weighted by molar-refractivity contribution is 14.1. The highest BCUT2D eigenvalue weighted by atomic mass is 127. The second-order valence-corrected chi connectivity index (χ2v) is 2.96. The van der Waals surface area contributed by atoms with Crippen molar-refractivity contribution in [1.82, 2.24) is 9.97 Å². The van der Waals surface area contributed by atoms with Gasteiger partial charge in [-0.15, -0.1) is 24.0 Å². The van der Waals surface area contributed by atoms with Crippen LogP contribution in [0.15, 0.2) is 12.4 Å². The first-order valence-corrected chi connectivity index (χ1v) is 3.96. The molecule has 56 valence electrons. The SMILES string of the molecule is Cl.ClCc1ncc(I)cn1. The van der Waals surface area contributed by atoms with Crippen molar-refractivity contribution in [2.24, 2.45) is 0 Å². The molecule has 0 amide bonds. The highest BCUT2D eigenvalue weighted by Gasteiger charge is 1.90. The molecule has 1 rings (SSSR count).